The second-order valence-electron chi connectivity index (χ2n) is 10.1. The van der Waals surface area contributed by atoms with Gasteiger partial charge < -0.3 is 25.3 Å². The smallest absolute Gasteiger partial charge is 0.239 e. The molecule has 2 aromatic carbocycles. The van der Waals surface area contributed by atoms with Crippen molar-refractivity contribution in [3.05, 3.63) is 65.3 Å². The van der Waals surface area contributed by atoms with Gasteiger partial charge in [-0.1, -0.05) is 23.7 Å². The number of piperidine rings is 1. The van der Waals surface area contributed by atoms with E-state index in [-0.39, 0.29) is 5.91 Å². The predicted octanol–water partition coefficient (Wildman–Crippen LogP) is 4.30. The molecule has 3 N–H and O–H groups in total. The molecule has 0 saturated carbocycles. The Labute approximate surface area is 232 Å². The summed E-state index contributed by atoms with van der Waals surface area (Å²) in [4.78, 5) is 29.0. The summed E-state index contributed by atoms with van der Waals surface area (Å²) in [5.41, 5.74) is 5.56. The number of methoxy groups -OCH3 is 1. The molecule has 6 rings (SSSR count). The Kier molecular flexibility index (Phi) is 7.26. The molecule has 0 atom stereocenters. The normalized spacial score (nSPS) is 16.9. The molecule has 0 bridgehead atoms. The molecule has 0 radical (unpaired) electrons. The van der Waals surface area contributed by atoms with Crippen LogP contribution in [0.3, 0.4) is 0 Å². The van der Waals surface area contributed by atoms with Crippen LogP contribution in [0.25, 0.3) is 22.6 Å². The Morgan fingerprint density at radius 1 is 1.08 bits per heavy atom. The average molecular weight is 546 g/mol. The third kappa shape index (κ3) is 5.65. The number of benzene rings is 2. The number of rotatable bonds is 7. The molecule has 2 aromatic heterocycles. The fraction of sp³-hybridized carbons (Fsp3) is 0.345. The number of carbonyl (C=O) groups is 1. The number of aromatic amines is 1. The van der Waals surface area contributed by atoms with E-state index in [2.05, 4.69) is 42.5 Å². The minimum absolute atomic E-state index is 0.0495. The molecule has 4 aromatic rings. The Balaban J connectivity index is 1.13. The summed E-state index contributed by atoms with van der Waals surface area (Å²) in [5.74, 6) is 1.67. The van der Waals surface area contributed by atoms with Crippen molar-refractivity contribution in [1.82, 2.24) is 25.2 Å². The van der Waals surface area contributed by atoms with E-state index in [0.29, 0.717) is 29.8 Å². The summed E-state index contributed by atoms with van der Waals surface area (Å²) >= 11 is 6.63. The van der Waals surface area contributed by atoms with Crippen molar-refractivity contribution < 1.29 is 9.53 Å². The van der Waals surface area contributed by atoms with Gasteiger partial charge in [0.25, 0.3) is 0 Å². The molecule has 4 heterocycles. The molecule has 2 fully saturated rings. The number of nitrogens with one attached hydrogen (secondary N) is 3. The number of ether oxygens (including phenoxy) is 1. The first-order valence-corrected chi connectivity index (χ1v) is 13.7. The van der Waals surface area contributed by atoms with Crippen LogP contribution in [-0.2, 0) is 11.3 Å². The highest BCUT2D eigenvalue weighted by Crippen LogP contribution is 2.33. The molecule has 2 aliphatic heterocycles. The van der Waals surface area contributed by atoms with Gasteiger partial charge in [0.15, 0.2) is 5.65 Å². The van der Waals surface area contributed by atoms with E-state index < -0.39 is 0 Å². The van der Waals surface area contributed by atoms with Crippen LogP contribution in [-0.4, -0.2) is 71.6 Å². The molecule has 0 spiro atoms. The van der Waals surface area contributed by atoms with E-state index in [1.54, 1.807) is 13.3 Å². The van der Waals surface area contributed by atoms with Crippen LogP contribution in [0, 0.1) is 0 Å². The molecule has 39 heavy (non-hydrogen) atoms. The van der Waals surface area contributed by atoms with Gasteiger partial charge in [-0.3, -0.25) is 9.69 Å². The predicted molar refractivity (Wildman–Crippen MR) is 154 cm³/mol. The molecule has 0 aliphatic carbocycles. The molecule has 0 unspecified atom stereocenters. The first-order chi connectivity index (χ1) is 19.1. The molecular weight excluding hydrogens is 514 g/mol. The van der Waals surface area contributed by atoms with Crippen molar-refractivity contribution in [2.75, 3.05) is 50.1 Å². The summed E-state index contributed by atoms with van der Waals surface area (Å²) in [6.07, 6.45) is 3.71. The van der Waals surface area contributed by atoms with Crippen LogP contribution < -0.4 is 20.3 Å². The van der Waals surface area contributed by atoms with Crippen LogP contribution in [0.15, 0.2) is 54.7 Å². The van der Waals surface area contributed by atoms with Crippen LogP contribution >= 0.6 is 11.6 Å². The number of pyridine rings is 1. The number of amides is 1. The topological polar surface area (TPSA) is 98.4 Å². The van der Waals surface area contributed by atoms with Crippen molar-refractivity contribution in [3.63, 3.8) is 0 Å². The second kappa shape index (κ2) is 11.1. The number of halogens is 1. The number of fused-ring (bicyclic) bond motifs is 1. The van der Waals surface area contributed by atoms with Gasteiger partial charge in [0.1, 0.15) is 17.1 Å². The van der Waals surface area contributed by atoms with Crippen molar-refractivity contribution in [3.8, 4) is 17.1 Å². The maximum absolute atomic E-state index is 11.7. The zero-order valence-corrected chi connectivity index (χ0v) is 22.7. The summed E-state index contributed by atoms with van der Waals surface area (Å²) in [6.45, 7) is 4.79. The van der Waals surface area contributed by atoms with E-state index in [1.807, 2.05) is 36.4 Å². The van der Waals surface area contributed by atoms with Gasteiger partial charge in [-0.15, -0.1) is 0 Å². The van der Waals surface area contributed by atoms with Gasteiger partial charge in [-0.25, -0.2) is 9.97 Å². The lowest BCUT2D eigenvalue weighted by Gasteiger charge is -2.33. The number of H-pyrrole nitrogens is 1. The third-order valence-corrected chi connectivity index (χ3v) is 7.81. The maximum Gasteiger partial charge on any atom is 0.239 e. The van der Waals surface area contributed by atoms with Gasteiger partial charge in [0.2, 0.25) is 5.91 Å². The van der Waals surface area contributed by atoms with Crippen LogP contribution in [0.5, 0.6) is 5.75 Å². The zero-order chi connectivity index (χ0) is 26.8. The van der Waals surface area contributed by atoms with Crippen molar-refractivity contribution in [1.29, 1.82) is 0 Å². The van der Waals surface area contributed by atoms with Gasteiger partial charge in [0, 0.05) is 50.0 Å². The fourth-order valence-electron chi connectivity index (χ4n) is 5.33. The third-order valence-electron chi connectivity index (χ3n) is 7.52. The SMILES string of the molecule is COc1ccc(CN2CCC(Nc3c(Cl)cnc4nc(-c5ccc(N6CCNC(=O)C6)cc5)[nH]c34)CC2)cc1. The van der Waals surface area contributed by atoms with Crippen LogP contribution in [0.4, 0.5) is 11.4 Å². The number of hydrogen-bond donors (Lipinski definition) is 3. The number of imidazole rings is 1. The number of nitrogens with zero attached hydrogens (tertiary/aromatic N) is 4. The Hall–Kier alpha value is -3.82. The van der Waals surface area contributed by atoms with Crippen LogP contribution in [0.2, 0.25) is 5.02 Å². The van der Waals surface area contributed by atoms with Gasteiger partial charge in [-0.2, -0.15) is 0 Å². The summed E-state index contributed by atoms with van der Waals surface area (Å²) in [5, 5.41) is 7.13. The zero-order valence-electron chi connectivity index (χ0n) is 21.9. The monoisotopic (exact) mass is 545 g/mol. The quantitative estimate of drug-likeness (QED) is 0.318. The fourth-order valence-corrected chi connectivity index (χ4v) is 5.53. The first-order valence-electron chi connectivity index (χ1n) is 13.3. The van der Waals surface area contributed by atoms with Gasteiger partial charge in [0.05, 0.1) is 30.6 Å². The van der Waals surface area contributed by atoms with E-state index in [1.165, 1.54) is 5.56 Å². The number of piperazine rings is 1. The lowest BCUT2D eigenvalue weighted by molar-refractivity contribution is -0.120. The molecule has 202 valence electrons. The molecule has 10 heteroatoms. The van der Waals surface area contributed by atoms with E-state index >= 15 is 0 Å². The van der Waals surface area contributed by atoms with Crippen molar-refractivity contribution >= 4 is 40.0 Å². The highest BCUT2D eigenvalue weighted by Gasteiger charge is 2.22. The summed E-state index contributed by atoms with van der Waals surface area (Å²) in [7, 11) is 1.69. The summed E-state index contributed by atoms with van der Waals surface area (Å²) in [6, 6.07) is 16.7. The molecule has 2 aliphatic rings. The minimum atomic E-state index is 0.0495. The number of carbonyl (C=O) groups excluding carboxylic acids is 1. The molecule has 2 saturated heterocycles. The summed E-state index contributed by atoms with van der Waals surface area (Å²) < 4.78 is 5.27. The minimum Gasteiger partial charge on any atom is -0.497 e. The van der Waals surface area contributed by atoms with Gasteiger partial charge in [-0.05, 0) is 54.8 Å². The van der Waals surface area contributed by atoms with Gasteiger partial charge >= 0.3 is 0 Å². The highest BCUT2D eigenvalue weighted by atomic mass is 35.5. The maximum atomic E-state index is 11.7. The first kappa shape index (κ1) is 25.5. The van der Waals surface area contributed by atoms with Crippen LogP contribution in [0.1, 0.15) is 18.4 Å². The van der Waals surface area contributed by atoms with E-state index in [4.69, 9.17) is 21.3 Å². The number of anilines is 2. The van der Waals surface area contributed by atoms with Crippen molar-refractivity contribution in [2.45, 2.75) is 25.4 Å². The largest absolute Gasteiger partial charge is 0.497 e. The number of likely N-dealkylation sites (tertiary alicyclic amines) is 1. The second-order valence-corrected chi connectivity index (χ2v) is 10.5. The Morgan fingerprint density at radius 2 is 1.85 bits per heavy atom. The van der Waals surface area contributed by atoms with E-state index in [0.717, 1.165) is 73.0 Å². The highest BCUT2D eigenvalue weighted by molar-refractivity contribution is 6.34. The molecule has 1 amide bonds. The molecular formula is C29H32ClN7O2. The Bertz CT molecular complexity index is 1450. The average Bonchev–Trinajstić information content (AvgIpc) is 3.41. The number of aromatic nitrogens is 3. The standard InChI is InChI=1S/C29H32ClN7O2/c1-39-23-8-2-19(3-9-23)17-36-13-10-21(11-14-36)33-26-24(30)16-32-29-27(26)34-28(35-29)20-4-6-22(7-5-20)37-15-12-31-25(38)18-37/h2-9,16,21H,10-15,17-18H2,1H3,(H,31,38)(H2,32,33,34,35). The van der Waals surface area contributed by atoms with E-state index in [9.17, 15) is 4.79 Å². The van der Waals surface area contributed by atoms with Crippen molar-refractivity contribution in [2.24, 2.45) is 0 Å². The number of hydrogen-bond acceptors (Lipinski definition) is 7. The lowest BCUT2D eigenvalue weighted by Crippen LogP contribution is -2.47. The lowest BCUT2D eigenvalue weighted by atomic mass is 10.0. The molecule has 9 nitrogen and oxygen atoms in total. The Morgan fingerprint density at radius 3 is 2.56 bits per heavy atom.